The zero-order valence-corrected chi connectivity index (χ0v) is 10.2. The molecule has 0 unspecified atom stereocenters. The number of nitrogens with zero attached hydrogens (tertiary/aromatic N) is 2. The predicted octanol–water partition coefficient (Wildman–Crippen LogP) is 2.34. The van der Waals surface area contributed by atoms with Crippen LogP contribution in [0.3, 0.4) is 0 Å². The third-order valence-corrected chi connectivity index (χ3v) is 2.70. The van der Waals surface area contributed by atoms with E-state index in [0.29, 0.717) is 12.1 Å². The molecule has 1 heterocycles. The van der Waals surface area contributed by atoms with Crippen LogP contribution in [-0.4, -0.2) is 17.4 Å². The second-order valence-corrected chi connectivity index (χ2v) is 3.81. The van der Waals surface area contributed by atoms with Gasteiger partial charge in [-0.25, -0.2) is 4.98 Å². The third kappa shape index (κ3) is 2.32. The van der Waals surface area contributed by atoms with Crippen LogP contribution in [-0.2, 0) is 0 Å². The van der Waals surface area contributed by atoms with Crippen LogP contribution in [0.2, 0.25) is 0 Å². The molecule has 0 saturated carbocycles. The Hall–Kier alpha value is -2.36. The minimum atomic E-state index is -0.431. The first-order valence-electron chi connectivity index (χ1n) is 5.81. The van der Waals surface area contributed by atoms with E-state index in [1.54, 1.807) is 18.3 Å². The molecule has 1 amide bonds. The molecule has 4 heteroatoms. The molecule has 2 aromatic rings. The van der Waals surface area contributed by atoms with E-state index in [-0.39, 0.29) is 0 Å². The fourth-order valence-electron chi connectivity index (χ4n) is 1.89. The van der Waals surface area contributed by atoms with Crippen LogP contribution in [0, 0.1) is 0 Å². The number of pyridine rings is 1. The molecule has 0 aliphatic carbocycles. The second kappa shape index (κ2) is 5.31. The predicted molar refractivity (Wildman–Crippen MR) is 71.9 cm³/mol. The fraction of sp³-hybridized carbons (Fsp3) is 0.143. The number of benzene rings is 1. The van der Waals surface area contributed by atoms with Crippen LogP contribution < -0.4 is 10.6 Å². The Kier molecular flexibility index (Phi) is 3.57. The van der Waals surface area contributed by atoms with Gasteiger partial charge in [-0.3, -0.25) is 4.79 Å². The van der Waals surface area contributed by atoms with Crippen LogP contribution in [0.5, 0.6) is 0 Å². The maximum absolute atomic E-state index is 11.4. The first-order valence-corrected chi connectivity index (χ1v) is 5.81. The summed E-state index contributed by atoms with van der Waals surface area (Å²) in [5.41, 5.74) is 6.69. The average Bonchev–Trinajstić information content (AvgIpc) is 2.41. The fourth-order valence-corrected chi connectivity index (χ4v) is 1.89. The number of hydrogen-bond acceptors (Lipinski definition) is 3. The van der Waals surface area contributed by atoms with Gasteiger partial charge in [0.2, 0.25) is 0 Å². The van der Waals surface area contributed by atoms with E-state index in [4.69, 9.17) is 5.73 Å². The van der Waals surface area contributed by atoms with Crippen LogP contribution in [0.25, 0.3) is 0 Å². The standard InChI is InChI=1S/C14H15N3O/c1-2-17(13-9-5-6-10-16-13)12-8-4-3-7-11(12)14(15)18/h3-10H,2H2,1H3,(H2,15,18). The van der Waals surface area contributed by atoms with Gasteiger partial charge in [-0.1, -0.05) is 18.2 Å². The van der Waals surface area contributed by atoms with Crippen molar-refractivity contribution in [2.45, 2.75) is 6.92 Å². The highest BCUT2D eigenvalue weighted by molar-refractivity contribution is 5.99. The van der Waals surface area contributed by atoms with Gasteiger partial charge >= 0.3 is 0 Å². The maximum atomic E-state index is 11.4. The third-order valence-electron chi connectivity index (χ3n) is 2.70. The lowest BCUT2D eigenvalue weighted by Gasteiger charge is -2.23. The number of carbonyl (C=O) groups is 1. The molecule has 18 heavy (non-hydrogen) atoms. The number of amides is 1. The average molecular weight is 241 g/mol. The summed E-state index contributed by atoms with van der Waals surface area (Å²) in [5, 5.41) is 0. The molecule has 0 saturated heterocycles. The largest absolute Gasteiger partial charge is 0.366 e. The van der Waals surface area contributed by atoms with Crippen molar-refractivity contribution in [1.29, 1.82) is 0 Å². The summed E-state index contributed by atoms with van der Waals surface area (Å²) in [6, 6.07) is 13.0. The number of aromatic nitrogens is 1. The Morgan fingerprint density at radius 1 is 1.22 bits per heavy atom. The van der Waals surface area contributed by atoms with Crippen LogP contribution in [0.1, 0.15) is 17.3 Å². The van der Waals surface area contributed by atoms with Crippen LogP contribution in [0.4, 0.5) is 11.5 Å². The molecule has 0 radical (unpaired) electrons. The molecule has 0 fully saturated rings. The zero-order chi connectivity index (χ0) is 13.0. The molecule has 4 nitrogen and oxygen atoms in total. The van der Waals surface area contributed by atoms with Crippen molar-refractivity contribution < 1.29 is 4.79 Å². The van der Waals surface area contributed by atoms with Crippen molar-refractivity contribution in [2.24, 2.45) is 5.73 Å². The number of para-hydroxylation sites is 1. The minimum absolute atomic E-state index is 0.431. The number of anilines is 2. The van der Waals surface area contributed by atoms with E-state index in [1.807, 2.05) is 42.2 Å². The summed E-state index contributed by atoms with van der Waals surface area (Å²) >= 11 is 0. The van der Waals surface area contributed by atoms with Crippen LogP contribution in [0.15, 0.2) is 48.7 Å². The Labute approximate surface area is 106 Å². The first-order chi connectivity index (χ1) is 8.74. The molecule has 92 valence electrons. The normalized spacial score (nSPS) is 10.1. The second-order valence-electron chi connectivity index (χ2n) is 3.81. The quantitative estimate of drug-likeness (QED) is 0.893. The van der Waals surface area contributed by atoms with E-state index in [9.17, 15) is 4.79 Å². The van der Waals surface area contributed by atoms with E-state index < -0.39 is 5.91 Å². The van der Waals surface area contributed by atoms with Crippen molar-refractivity contribution in [2.75, 3.05) is 11.4 Å². The van der Waals surface area contributed by atoms with E-state index in [0.717, 1.165) is 11.5 Å². The summed E-state index contributed by atoms with van der Waals surface area (Å²) in [6.07, 6.45) is 1.73. The number of hydrogen-bond donors (Lipinski definition) is 1. The maximum Gasteiger partial charge on any atom is 0.250 e. The Balaban J connectivity index is 2.49. The van der Waals surface area contributed by atoms with Gasteiger partial charge < -0.3 is 10.6 Å². The van der Waals surface area contributed by atoms with Crippen molar-refractivity contribution in [3.05, 3.63) is 54.2 Å². The molecular formula is C14H15N3O. The van der Waals surface area contributed by atoms with Crippen molar-refractivity contribution in [3.8, 4) is 0 Å². The van der Waals surface area contributed by atoms with E-state index >= 15 is 0 Å². The number of rotatable bonds is 4. The minimum Gasteiger partial charge on any atom is -0.366 e. The number of primary amides is 1. The molecule has 0 aliphatic rings. The van der Waals surface area contributed by atoms with Gasteiger partial charge in [0.15, 0.2) is 0 Å². The van der Waals surface area contributed by atoms with Crippen molar-refractivity contribution in [1.82, 2.24) is 4.98 Å². The Morgan fingerprint density at radius 2 is 1.94 bits per heavy atom. The van der Waals surface area contributed by atoms with Crippen LogP contribution >= 0.6 is 0 Å². The molecule has 2 N–H and O–H groups in total. The van der Waals surface area contributed by atoms with Gasteiger partial charge in [0.05, 0.1) is 11.3 Å². The van der Waals surface area contributed by atoms with Gasteiger partial charge in [0.25, 0.3) is 5.91 Å². The van der Waals surface area contributed by atoms with Gasteiger partial charge in [-0.05, 0) is 31.2 Å². The van der Waals surface area contributed by atoms with Gasteiger partial charge in [-0.2, -0.15) is 0 Å². The topological polar surface area (TPSA) is 59.2 Å². The highest BCUT2D eigenvalue weighted by Crippen LogP contribution is 2.26. The Bertz CT molecular complexity index is 540. The molecule has 0 spiro atoms. The molecule has 1 aromatic carbocycles. The Morgan fingerprint density at radius 3 is 2.56 bits per heavy atom. The molecular weight excluding hydrogens is 226 g/mol. The zero-order valence-electron chi connectivity index (χ0n) is 10.2. The summed E-state index contributed by atoms with van der Waals surface area (Å²) in [6.45, 7) is 2.72. The van der Waals surface area contributed by atoms with Crippen molar-refractivity contribution in [3.63, 3.8) is 0 Å². The molecule has 0 bridgehead atoms. The SMILES string of the molecule is CCN(c1ccccn1)c1ccccc1C(N)=O. The molecule has 0 aliphatic heterocycles. The van der Waals surface area contributed by atoms with E-state index in [1.165, 1.54) is 0 Å². The van der Waals surface area contributed by atoms with E-state index in [2.05, 4.69) is 4.98 Å². The van der Waals surface area contributed by atoms with Gasteiger partial charge in [0, 0.05) is 12.7 Å². The van der Waals surface area contributed by atoms with Gasteiger partial charge in [-0.15, -0.1) is 0 Å². The molecule has 2 rings (SSSR count). The lowest BCUT2D eigenvalue weighted by atomic mass is 10.1. The first kappa shape index (κ1) is 12.1. The lowest BCUT2D eigenvalue weighted by molar-refractivity contribution is 0.100. The highest BCUT2D eigenvalue weighted by Gasteiger charge is 2.14. The van der Waals surface area contributed by atoms with Gasteiger partial charge in [0.1, 0.15) is 5.82 Å². The summed E-state index contributed by atoms with van der Waals surface area (Å²) < 4.78 is 0. The lowest BCUT2D eigenvalue weighted by Crippen LogP contribution is -2.22. The molecule has 1 aromatic heterocycles. The molecule has 0 atom stereocenters. The van der Waals surface area contributed by atoms with Crippen molar-refractivity contribution >= 4 is 17.4 Å². The highest BCUT2D eigenvalue weighted by atomic mass is 16.1. The number of nitrogens with two attached hydrogens (primary N) is 1. The summed E-state index contributed by atoms with van der Waals surface area (Å²) in [7, 11) is 0. The summed E-state index contributed by atoms with van der Waals surface area (Å²) in [5.74, 6) is 0.369. The smallest absolute Gasteiger partial charge is 0.250 e. The summed E-state index contributed by atoms with van der Waals surface area (Å²) in [4.78, 5) is 17.7. The number of carbonyl (C=O) groups excluding carboxylic acids is 1. The monoisotopic (exact) mass is 241 g/mol.